The molecule has 0 radical (unpaired) electrons. The highest BCUT2D eigenvalue weighted by atomic mass is 32.2. The molecule has 32 heavy (non-hydrogen) atoms. The second kappa shape index (κ2) is 10.5. The van der Waals surface area contributed by atoms with E-state index in [0.717, 1.165) is 24.9 Å². The molecule has 3 N–H and O–H groups in total. The van der Waals surface area contributed by atoms with Gasteiger partial charge >= 0.3 is 0 Å². The van der Waals surface area contributed by atoms with E-state index in [9.17, 15) is 4.79 Å². The van der Waals surface area contributed by atoms with Crippen LogP contribution < -0.4 is 15.4 Å². The molecule has 1 amide bonds. The number of pyridine rings is 1. The van der Waals surface area contributed by atoms with Gasteiger partial charge in [0.25, 0.3) is 5.91 Å². The molecule has 1 atom stereocenters. The molecule has 0 bridgehead atoms. The molecule has 5 nitrogen and oxygen atoms in total. The topological polar surface area (TPSA) is 66.0 Å². The van der Waals surface area contributed by atoms with Gasteiger partial charge < -0.3 is 10.6 Å². The maximum Gasteiger partial charge on any atom is 0.255 e. The minimum absolute atomic E-state index is 0.174. The zero-order chi connectivity index (χ0) is 22.3. The monoisotopic (exact) mass is 444 g/mol. The average Bonchev–Trinajstić information content (AvgIpc) is 3.24. The third kappa shape index (κ3) is 5.21. The maximum atomic E-state index is 12.5. The van der Waals surface area contributed by atoms with Crippen molar-refractivity contribution in [1.29, 1.82) is 0 Å². The molecule has 1 aliphatic rings. The van der Waals surface area contributed by atoms with Crippen molar-refractivity contribution in [3.05, 3.63) is 95.7 Å². The van der Waals surface area contributed by atoms with Crippen LogP contribution in [0.25, 0.3) is 0 Å². The molecule has 3 aromatic rings. The van der Waals surface area contributed by atoms with Crippen molar-refractivity contribution in [2.24, 2.45) is 0 Å². The van der Waals surface area contributed by atoms with Gasteiger partial charge in [0, 0.05) is 29.4 Å². The summed E-state index contributed by atoms with van der Waals surface area (Å²) in [6, 6.07) is 18.9. The Labute approximate surface area is 193 Å². The third-order valence-corrected chi connectivity index (χ3v) is 6.51. The van der Waals surface area contributed by atoms with Crippen molar-refractivity contribution in [1.82, 2.24) is 15.0 Å². The lowest BCUT2D eigenvalue weighted by Gasteiger charge is -2.16. The van der Waals surface area contributed by atoms with E-state index in [1.165, 1.54) is 21.6 Å². The standard InChI is InChI=1S/C26H28N4OS/c1-3-15-28-26(31)22-6-5-16-27-25(22)29-20-11-9-19-10-14-24(23(19)17-20)30-32-21-12-7-18(4-2)8-13-21/h3,5-9,11-13,16-17,24,30H,1,4,10,14-15H2,2H3,(H,27,29)(H,28,31). The second-order valence-corrected chi connectivity index (χ2v) is 8.66. The van der Waals surface area contributed by atoms with Crippen LogP contribution in [0.1, 0.15) is 46.4 Å². The van der Waals surface area contributed by atoms with Crippen LogP contribution in [0.2, 0.25) is 0 Å². The lowest BCUT2D eigenvalue weighted by Crippen LogP contribution is -2.24. The Morgan fingerprint density at radius 2 is 2.06 bits per heavy atom. The van der Waals surface area contributed by atoms with Gasteiger partial charge in [0.15, 0.2) is 0 Å². The zero-order valence-corrected chi connectivity index (χ0v) is 19.0. The van der Waals surface area contributed by atoms with Crippen molar-refractivity contribution >= 4 is 29.4 Å². The summed E-state index contributed by atoms with van der Waals surface area (Å²) in [7, 11) is 0. The van der Waals surface area contributed by atoms with E-state index >= 15 is 0 Å². The number of amides is 1. The molecule has 4 rings (SSSR count). The molecule has 0 fully saturated rings. The van der Waals surface area contributed by atoms with Crippen LogP contribution in [-0.4, -0.2) is 17.4 Å². The van der Waals surface area contributed by atoms with Crippen LogP contribution in [0, 0.1) is 0 Å². The number of rotatable bonds is 9. The number of aromatic nitrogens is 1. The normalized spacial score (nSPS) is 14.6. The molecule has 164 valence electrons. The molecule has 6 heteroatoms. The summed E-state index contributed by atoms with van der Waals surface area (Å²) < 4.78 is 3.64. The maximum absolute atomic E-state index is 12.5. The first-order valence-electron chi connectivity index (χ1n) is 10.9. The molecule has 1 heterocycles. The van der Waals surface area contributed by atoms with Crippen molar-refractivity contribution in [2.45, 2.75) is 37.1 Å². The Balaban J connectivity index is 1.47. The van der Waals surface area contributed by atoms with Crippen LogP contribution in [0.3, 0.4) is 0 Å². The van der Waals surface area contributed by atoms with Gasteiger partial charge in [-0.3, -0.25) is 9.52 Å². The highest BCUT2D eigenvalue weighted by Gasteiger charge is 2.23. The first kappa shape index (κ1) is 22.1. The lowest BCUT2D eigenvalue weighted by atomic mass is 10.1. The highest BCUT2D eigenvalue weighted by Crippen LogP contribution is 2.36. The number of aryl methyl sites for hydroxylation is 2. The Bertz CT molecular complexity index is 1100. The molecule has 1 aliphatic carbocycles. The Morgan fingerprint density at radius 3 is 2.84 bits per heavy atom. The van der Waals surface area contributed by atoms with Crippen LogP contribution in [0.15, 0.2) is 78.3 Å². The Morgan fingerprint density at radius 1 is 1.22 bits per heavy atom. The third-order valence-electron chi connectivity index (χ3n) is 5.60. The van der Waals surface area contributed by atoms with Crippen LogP contribution in [-0.2, 0) is 12.8 Å². The second-order valence-electron chi connectivity index (χ2n) is 7.75. The largest absolute Gasteiger partial charge is 0.348 e. The summed E-state index contributed by atoms with van der Waals surface area (Å²) >= 11 is 1.68. The molecule has 0 saturated heterocycles. The summed E-state index contributed by atoms with van der Waals surface area (Å²) in [6.07, 6.45) is 6.52. The molecule has 1 unspecified atom stereocenters. The molecule has 1 aromatic heterocycles. The van der Waals surface area contributed by atoms with Gasteiger partial charge in [-0.15, -0.1) is 6.58 Å². The minimum atomic E-state index is -0.174. The summed E-state index contributed by atoms with van der Waals surface area (Å²) in [5.41, 5.74) is 5.44. The van der Waals surface area contributed by atoms with Gasteiger partial charge in [-0.05, 0) is 84.3 Å². The van der Waals surface area contributed by atoms with E-state index in [2.05, 4.69) is 76.3 Å². The molecule has 0 aliphatic heterocycles. The first-order chi connectivity index (χ1) is 15.7. The molecule has 0 spiro atoms. The van der Waals surface area contributed by atoms with Gasteiger partial charge in [-0.2, -0.15) is 0 Å². The van der Waals surface area contributed by atoms with Crippen LogP contribution in [0.5, 0.6) is 0 Å². The summed E-state index contributed by atoms with van der Waals surface area (Å²) in [5.74, 6) is 0.369. The van der Waals surface area contributed by atoms with Gasteiger partial charge in [0.1, 0.15) is 5.82 Å². The van der Waals surface area contributed by atoms with Crippen molar-refractivity contribution < 1.29 is 4.79 Å². The van der Waals surface area contributed by atoms with Gasteiger partial charge in [0.05, 0.1) is 5.56 Å². The van der Waals surface area contributed by atoms with Crippen LogP contribution >= 0.6 is 11.9 Å². The van der Waals surface area contributed by atoms with Gasteiger partial charge in [-0.25, -0.2) is 4.98 Å². The van der Waals surface area contributed by atoms with Crippen LogP contribution in [0.4, 0.5) is 11.5 Å². The van der Waals surface area contributed by atoms with E-state index in [0.29, 0.717) is 17.9 Å². The Hall–Kier alpha value is -3.09. The fourth-order valence-corrected chi connectivity index (χ4v) is 4.62. The predicted molar refractivity (Wildman–Crippen MR) is 132 cm³/mol. The number of nitrogens with one attached hydrogen (secondary N) is 3. The number of hydrogen-bond donors (Lipinski definition) is 3. The van der Waals surface area contributed by atoms with E-state index in [4.69, 9.17) is 0 Å². The summed E-state index contributed by atoms with van der Waals surface area (Å²) in [4.78, 5) is 18.1. The predicted octanol–water partition coefficient (Wildman–Crippen LogP) is 5.59. The quantitative estimate of drug-likeness (QED) is 0.297. The van der Waals surface area contributed by atoms with E-state index in [1.807, 2.05) is 0 Å². The first-order valence-corrected chi connectivity index (χ1v) is 11.7. The van der Waals surface area contributed by atoms with Gasteiger partial charge in [0.2, 0.25) is 0 Å². The average molecular weight is 445 g/mol. The molecule has 0 saturated carbocycles. The SMILES string of the molecule is C=CCNC(=O)c1cccnc1Nc1ccc2c(c1)C(NSc1ccc(CC)cc1)CC2. The fourth-order valence-electron chi connectivity index (χ4n) is 3.82. The highest BCUT2D eigenvalue weighted by molar-refractivity contribution is 7.97. The number of fused-ring (bicyclic) bond motifs is 1. The summed E-state index contributed by atoms with van der Waals surface area (Å²) in [6.45, 7) is 6.23. The number of benzene rings is 2. The van der Waals surface area contributed by atoms with E-state index < -0.39 is 0 Å². The number of nitrogens with zero attached hydrogens (tertiary/aromatic N) is 1. The smallest absolute Gasteiger partial charge is 0.255 e. The van der Waals surface area contributed by atoms with E-state index in [1.54, 1.807) is 36.4 Å². The minimum Gasteiger partial charge on any atom is -0.348 e. The van der Waals surface area contributed by atoms with Gasteiger partial charge in [-0.1, -0.05) is 31.2 Å². The zero-order valence-electron chi connectivity index (χ0n) is 18.2. The van der Waals surface area contributed by atoms with E-state index in [-0.39, 0.29) is 11.9 Å². The summed E-state index contributed by atoms with van der Waals surface area (Å²) in [5, 5.41) is 6.15. The lowest BCUT2D eigenvalue weighted by molar-refractivity contribution is 0.0958. The Kier molecular flexibility index (Phi) is 7.24. The molecular formula is C26H28N4OS. The van der Waals surface area contributed by atoms with Crippen molar-refractivity contribution in [3.63, 3.8) is 0 Å². The number of carbonyl (C=O) groups excluding carboxylic acids is 1. The van der Waals surface area contributed by atoms with Crippen molar-refractivity contribution in [2.75, 3.05) is 11.9 Å². The fraction of sp³-hybridized carbons (Fsp3) is 0.231. The number of carbonyl (C=O) groups is 1. The molecular weight excluding hydrogens is 416 g/mol. The van der Waals surface area contributed by atoms with Crippen molar-refractivity contribution in [3.8, 4) is 0 Å². The number of hydrogen-bond acceptors (Lipinski definition) is 5. The molecule has 2 aromatic carbocycles. The number of anilines is 2.